The first-order valence-electron chi connectivity index (χ1n) is 5.78. The van der Waals surface area contributed by atoms with Crippen molar-refractivity contribution in [3.05, 3.63) is 34.9 Å². The van der Waals surface area contributed by atoms with Gasteiger partial charge in [0, 0.05) is 18.0 Å². The highest BCUT2D eigenvalue weighted by molar-refractivity contribution is 6.30. The predicted molar refractivity (Wildman–Crippen MR) is 68.6 cm³/mol. The fraction of sp³-hybridized carbons (Fsp3) is 0.417. The van der Waals surface area contributed by atoms with Gasteiger partial charge in [0.25, 0.3) is 5.95 Å². The highest BCUT2D eigenvalue weighted by atomic mass is 35.5. The van der Waals surface area contributed by atoms with Crippen LogP contribution < -0.4 is 0 Å². The number of aliphatic hydroxyl groups excluding tert-OH is 1. The molecule has 2 heterocycles. The van der Waals surface area contributed by atoms with Crippen LogP contribution in [0.25, 0.3) is 5.95 Å². The normalized spacial score (nSPS) is 11.2. The second kappa shape index (κ2) is 5.46. The van der Waals surface area contributed by atoms with E-state index < -0.39 is 0 Å². The van der Waals surface area contributed by atoms with E-state index in [4.69, 9.17) is 11.6 Å². The van der Waals surface area contributed by atoms with Crippen molar-refractivity contribution in [1.82, 2.24) is 19.7 Å². The number of nitrogens with zero attached hydrogens (tertiary/aromatic N) is 4. The van der Waals surface area contributed by atoms with Crippen molar-refractivity contribution >= 4 is 11.6 Å². The summed E-state index contributed by atoms with van der Waals surface area (Å²) in [5.41, 5.74) is 1.45. The zero-order chi connectivity index (χ0) is 13.1. The van der Waals surface area contributed by atoms with Crippen molar-refractivity contribution in [1.29, 1.82) is 0 Å². The van der Waals surface area contributed by atoms with Gasteiger partial charge in [-0.2, -0.15) is 9.78 Å². The molecule has 18 heavy (non-hydrogen) atoms. The minimum absolute atomic E-state index is 0.131. The quantitative estimate of drug-likeness (QED) is 0.919. The molecule has 0 unspecified atom stereocenters. The molecule has 0 aliphatic carbocycles. The summed E-state index contributed by atoms with van der Waals surface area (Å²) < 4.78 is 1.46. The molecule has 0 amide bonds. The fourth-order valence-electron chi connectivity index (χ4n) is 1.71. The lowest BCUT2D eigenvalue weighted by molar-refractivity contribution is 0.280. The highest BCUT2D eigenvalue weighted by Crippen LogP contribution is 2.24. The van der Waals surface area contributed by atoms with E-state index in [1.54, 1.807) is 18.5 Å². The molecule has 0 radical (unpaired) electrons. The lowest BCUT2D eigenvalue weighted by atomic mass is 10.1. The Hall–Kier alpha value is -1.46. The molecule has 0 saturated heterocycles. The first-order valence-corrected chi connectivity index (χ1v) is 6.15. The number of halogens is 1. The van der Waals surface area contributed by atoms with Gasteiger partial charge in [-0.1, -0.05) is 25.4 Å². The molecule has 2 aromatic rings. The van der Waals surface area contributed by atoms with Crippen LogP contribution in [0.4, 0.5) is 0 Å². The van der Waals surface area contributed by atoms with Gasteiger partial charge in [-0.3, -0.25) is 0 Å². The fourth-order valence-corrected chi connectivity index (χ4v) is 1.99. The van der Waals surface area contributed by atoms with Gasteiger partial charge in [-0.15, -0.1) is 0 Å². The number of aliphatic hydroxyl groups is 1. The minimum Gasteiger partial charge on any atom is -0.391 e. The monoisotopic (exact) mass is 266 g/mol. The van der Waals surface area contributed by atoms with Gasteiger partial charge in [-0.05, 0) is 18.4 Å². The van der Waals surface area contributed by atoms with E-state index in [1.165, 1.54) is 4.68 Å². The predicted octanol–water partition coefficient (Wildman–Crippen LogP) is 2.01. The highest BCUT2D eigenvalue weighted by Gasteiger charge is 2.18. The van der Waals surface area contributed by atoms with Gasteiger partial charge in [0.05, 0.1) is 12.3 Å². The van der Waals surface area contributed by atoms with Crippen LogP contribution in [-0.2, 0) is 13.0 Å². The second-order valence-corrected chi connectivity index (χ2v) is 4.79. The molecule has 0 aliphatic rings. The summed E-state index contributed by atoms with van der Waals surface area (Å²) in [6.45, 7) is 4.05. The SMILES string of the molecule is CC(C)Cc1nn(-c2ncccn2)c(Cl)c1CO. The summed E-state index contributed by atoms with van der Waals surface area (Å²) in [5, 5.41) is 14.2. The molecule has 0 aromatic carbocycles. The molecule has 0 spiro atoms. The molecule has 0 saturated carbocycles. The molecular formula is C12H15ClN4O. The van der Waals surface area contributed by atoms with Crippen molar-refractivity contribution in [3.63, 3.8) is 0 Å². The first-order chi connectivity index (χ1) is 8.63. The Morgan fingerprint density at radius 3 is 2.56 bits per heavy atom. The average Bonchev–Trinajstić information content (AvgIpc) is 2.66. The van der Waals surface area contributed by atoms with Crippen LogP contribution in [0.1, 0.15) is 25.1 Å². The van der Waals surface area contributed by atoms with Crippen molar-refractivity contribution in [2.24, 2.45) is 5.92 Å². The Kier molecular flexibility index (Phi) is 3.93. The second-order valence-electron chi connectivity index (χ2n) is 4.43. The van der Waals surface area contributed by atoms with Crippen molar-refractivity contribution in [2.45, 2.75) is 26.9 Å². The minimum atomic E-state index is -0.131. The van der Waals surface area contributed by atoms with Crippen LogP contribution in [0.2, 0.25) is 5.15 Å². The molecule has 2 aromatic heterocycles. The number of rotatable bonds is 4. The lowest BCUT2D eigenvalue weighted by Gasteiger charge is -2.02. The maximum absolute atomic E-state index is 9.39. The van der Waals surface area contributed by atoms with Gasteiger partial charge in [0.1, 0.15) is 5.15 Å². The molecule has 0 atom stereocenters. The topological polar surface area (TPSA) is 63.8 Å². The summed E-state index contributed by atoms with van der Waals surface area (Å²) in [6, 6.07) is 1.73. The number of aromatic nitrogens is 4. The molecule has 1 N–H and O–H groups in total. The summed E-state index contributed by atoms with van der Waals surface area (Å²) in [7, 11) is 0. The van der Waals surface area contributed by atoms with E-state index in [2.05, 4.69) is 28.9 Å². The molecule has 0 fully saturated rings. The van der Waals surface area contributed by atoms with E-state index in [1.807, 2.05) is 0 Å². The third-order valence-electron chi connectivity index (χ3n) is 2.51. The summed E-state index contributed by atoms with van der Waals surface area (Å²) in [6.07, 6.45) is 4.01. The molecule has 2 rings (SSSR count). The van der Waals surface area contributed by atoms with E-state index >= 15 is 0 Å². The third kappa shape index (κ3) is 2.52. The Bertz CT molecular complexity index is 524. The van der Waals surface area contributed by atoms with E-state index in [0.717, 1.165) is 12.1 Å². The summed E-state index contributed by atoms with van der Waals surface area (Å²) >= 11 is 6.21. The Balaban J connectivity index is 2.47. The Labute approximate surface area is 110 Å². The average molecular weight is 267 g/mol. The van der Waals surface area contributed by atoms with Crippen LogP contribution in [-0.4, -0.2) is 24.9 Å². The van der Waals surface area contributed by atoms with E-state index in [-0.39, 0.29) is 6.61 Å². The maximum Gasteiger partial charge on any atom is 0.251 e. The van der Waals surface area contributed by atoms with Gasteiger partial charge in [0.2, 0.25) is 0 Å². The molecule has 96 valence electrons. The Morgan fingerprint density at radius 1 is 1.33 bits per heavy atom. The van der Waals surface area contributed by atoms with Crippen LogP contribution in [0.5, 0.6) is 0 Å². The lowest BCUT2D eigenvalue weighted by Crippen LogP contribution is -2.03. The molecular weight excluding hydrogens is 252 g/mol. The standard InChI is InChI=1S/C12H15ClN4O/c1-8(2)6-10-9(7-18)11(13)17(16-10)12-14-4-3-5-15-12/h3-5,8,18H,6-7H2,1-2H3. The molecule has 0 bridgehead atoms. The van der Waals surface area contributed by atoms with E-state index in [9.17, 15) is 5.11 Å². The molecule has 5 nitrogen and oxygen atoms in total. The van der Waals surface area contributed by atoms with Crippen LogP contribution in [0.15, 0.2) is 18.5 Å². The smallest absolute Gasteiger partial charge is 0.251 e. The zero-order valence-electron chi connectivity index (χ0n) is 10.3. The van der Waals surface area contributed by atoms with Gasteiger partial charge < -0.3 is 5.11 Å². The first kappa shape index (κ1) is 13.0. The van der Waals surface area contributed by atoms with Gasteiger partial charge in [-0.25, -0.2) is 9.97 Å². The van der Waals surface area contributed by atoms with E-state index in [0.29, 0.717) is 22.6 Å². The van der Waals surface area contributed by atoms with Crippen molar-refractivity contribution in [2.75, 3.05) is 0 Å². The largest absolute Gasteiger partial charge is 0.391 e. The maximum atomic E-state index is 9.39. The van der Waals surface area contributed by atoms with Crippen LogP contribution in [0, 0.1) is 5.92 Å². The van der Waals surface area contributed by atoms with Crippen molar-refractivity contribution < 1.29 is 5.11 Å². The number of hydrogen-bond acceptors (Lipinski definition) is 4. The van der Waals surface area contributed by atoms with Crippen molar-refractivity contribution in [3.8, 4) is 5.95 Å². The van der Waals surface area contributed by atoms with Gasteiger partial charge >= 0.3 is 0 Å². The third-order valence-corrected chi connectivity index (χ3v) is 2.89. The molecule has 0 aliphatic heterocycles. The zero-order valence-corrected chi connectivity index (χ0v) is 11.1. The summed E-state index contributed by atoms with van der Waals surface area (Å²) in [4.78, 5) is 8.20. The van der Waals surface area contributed by atoms with Crippen LogP contribution in [0.3, 0.4) is 0 Å². The Morgan fingerprint density at radius 2 is 2.00 bits per heavy atom. The molecule has 6 heteroatoms. The van der Waals surface area contributed by atoms with Crippen LogP contribution >= 0.6 is 11.6 Å². The van der Waals surface area contributed by atoms with Gasteiger partial charge in [0.15, 0.2) is 0 Å². The number of hydrogen-bond donors (Lipinski definition) is 1. The summed E-state index contributed by atoms with van der Waals surface area (Å²) in [5.74, 6) is 0.846.